The average Bonchev–Trinajstić information content (AvgIpc) is 2.95. The average molecular weight is 291 g/mol. The molecule has 0 saturated carbocycles. The number of carbonyl (C=O) groups is 2. The van der Waals surface area contributed by atoms with Gasteiger partial charge in [0.2, 0.25) is 18.6 Å². The van der Waals surface area contributed by atoms with E-state index in [1.54, 1.807) is 0 Å². The van der Waals surface area contributed by atoms with Gasteiger partial charge in [-0.2, -0.15) is 0 Å². The first-order chi connectivity index (χ1) is 10.1. The van der Waals surface area contributed by atoms with Crippen LogP contribution in [0.4, 0.5) is 0 Å². The molecule has 7 heteroatoms. The van der Waals surface area contributed by atoms with Crippen molar-refractivity contribution in [1.29, 1.82) is 0 Å². The topological polar surface area (TPSA) is 88.7 Å². The van der Waals surface area contributed by atoms with Crippen LogP contribution in [0.5, 0.6) is 11.5 Å². The molecule has 0 aromatic heterocycles. The summed E-state index contributed by atoms with van der Waals surface area (Å²) in [6, 6.07) is 5.03. The predicted molar refractivity (Wildman–Crippen MR) is 73.9 cm³/mol. The summed E-state index contributed by atoms with van der Waals surface area (Å²) in [5.41, 5.74) is 0.937. The van der Waals surface area contributed by atoms with Crippen LogP contribution in [0.3, 0.4) is 0 Å². The van der Waals surface area contributed by atoms with Gasteiger partial charge in [-0.05, 0) is 24.6 Å². The van der Waals surface area contributed by atoms with Gasteiger partial charge >= 0.3 is 0 Å². The number of fused-ring (bicyclic) bond motifs is 1. The minimum absolute atomic E-state index is 0.0946. The summed E-state index contributed by atoms with van der Waals surface area (Å²) in [4.78, 5) is 23.2. The van der Waals surface area contributed by atoms with Crippen LogP contribution in [0.2, 0.25) is 0 Å². The first-order valence-electron chi connectivity index (χ1n) is 6.83. The monoisotopic (exact) mass is 291 g/mol. The molecular formula is C14H17N3O4. The van der Waals surface area contributed by atoms with E-state index in [4.69, 9.17) is 9.47 Å². The minimum Gasteiger partial charge on any atom is -0.454 e. The second kappa shape index (κ2) is 5.61. The number of nitrogens with one attached hydrogen (secondary N) is 3. The molecule has 1 saturated heterocycles. The molecular weight excluding hydrogens is 274 g/mol. The molecule has 112 valence electrons. The van der Waals surface area contributed by atoms with Gasteiger partial charge in [-0.1, -0.05) is 6.07 Å². The molecule has 2 atom stereocenters. The van der Waals surface area contributed by atoms with E-state index < -0.39 is 6.04 Å². The van der Waals surface area contributed by atoms with Gasteiger partial charge in [0.25, 0.3) is 0 Å². The molecule has 2 amide bonds. The Morgan fingerprint density at radius 2 is 2.19 bits per heavy atom. The van der Waals surface area contributed by atoms with Crippen LogP contribution in [0.15, 0.2) is 18.2 Å². The highest BCUT2D eigenvalue weighted by atomic mass is 16.7. The lowest BCUT2D eigenvalue weighted by atomic mass is 10.1. The lowest BCUT2D eigenvalue weighted by molar-refractivity contribution is -0.127. The van der Waals surface area contributed by atoms with Gasteiger partial charge < -0.3 is 20.1 Å². The van der Waals surface area contributed by atoms with Crippen LogP contribution < -0.4 is 25.4 Å². The summed E-state index contributed by atoms with van der Waals surface area (Å²) in [5.74, 6) is 1.17. The zero-order chi connectivity index (χ0) is 14.8. The summed E-state index contributed by atoms with van der Waals surface area (Å²) < 4.78 is 10.6. The highest BCUT2D eigenvalue weighted by Crippen LogP contribution is 2.34. The van der Waals surface area contributed by atoms with E-state index in [2.05, 4.69) is 16.0 Å². The number of carbonyl (C=O) groups excluding carboxylic acids is 2. The van der Waals surface area contributed by atoms with Crippen molar-refractivity contribution >= 4 is 11.8 Å². The fraction of sp³-hybridized carbons (Fsp3) is 0.429. The summed E-state index contributed by atoms with van der Waals surface area (Å²) in [6.45, 7) is 2.59. The van der Waals surface area contributed by atoms with Crippen LogP contribution >= 0.6 is 0 Å². The summed E-state index contributed by atoms with van der Waals surface area (Å²) in [5, 5.41) is 8.48. The molecule has 2 aliphatic heterocycles. The Balaban J connectivity index is 1.62. The minimum atomic E-state index is -0.404. The Hall–Kier alpha value is -2.28. The van der Waals surface area contributed by atoms with E-state index in [0.717, 1.165) is 5.56 Å². The summed E-state index contributed by atoms with van der Waals surface area (Å²) >= 11 is 0. The summed E-state index contributed by atoms with van der Waals surface area (Å²) in [6.07, 6.45) is 0. The van der Waals surface area contributed by atoms with Gasteiger partial charge in [0.15, 0.2) is 11.5 Å². The third kappa shape index (κ3) is 2.92. The van der Waals surface area contributed by atoms with Gasteiger partial charge in [-0.25, -0.2) is 0 Å². The number of hydrogen-bond acceptors (Lipinski definition) is 5. The molecule has 2 heterocycles. The number of piperazine rings is 1. The van der Waals surface area contributed by atoms with Crippen LogP contribution in [-0.4, -0.2) is 37.7 Å². The second-order valence-electron chi connectivity index (χ2n) is 5.08. The van der Waals surface area contributed by atoms with Gasteiger partial charge in [0.05, 0.1) is 12.6 Å². The standard InChI is InChI=1S/C14H17N3O4/c1-8(9-2-3-11-12(4-9)21-7-20-11)17-14(19)10-5-16-13(18)6-15-10/h2-4,8,10,15H,5-7H2,1H3,(H,16,18)(H,17,19). The van der Waals surface area contributed by atoms with E-state index in [1.807, 2.05) is 25.1 Å². The SMILES string of the molecule is CC(NC(=O)C1CNC(=O)CN1)c1ccc2c(c1)OCO2. The highest BCUT2D eigenvalue weighted by Gasteiger charge is 2.25. The maximum Gasteiger partial charge on any atom is 0.239 e. The van der Waals surface area contributed by atoms with E-state index in [9.17, 15) is 9.59 Å². The van der Waals surface area contributed by atoms with Gasteiger partial charge in [0.1, 0.15) is 6.04 Å². The number of rotatable bonds is 3. The fourth-order valence-electron chi connectivity index (χ4n) is 2.33. The van der Waals surface area contributed by atoms with Gasteiger partial charge in [0, 0.05) is 6.54 Å². The molecule has 1 aromatic carbocycles. The van der Waals surface area contributed by atoms with Crippen molar-refractivity contribution in [3.05, 3.63) is 23.8 Å². The van der Waals surface area contributed by atoms with Crippen molar-refractivity contribution in [2.75, 3.05) is 19.9 Å². The lowest BCUT2D eigenvalue weighted by Gasteiger charge is -2.25. The smallest absolute Gasteiger partial charge is 0.239 e. The van der Waals surface area contributed by atoms with Crippen LogP contribution in [-0.2, 0) is 9.59 Å². The molecule has 0 bridgehead atoms. The second-order valence-corrected chi connectivity index (χ2v) is 5.08. The Bertz CT molecular complexity index is 565. The third-order valence-corrected chi connectivity index (χ3v) is 3.58. The Labute approximate surface area is 122 Å². The molecule has 2 aliphatic rings. The van der Waals surface area contributed by atoms with Crippen LogP contribution in [0, 0.1) is 0 Å². The van der Waals surface area contributed by atoms with Crippen molar-refractivity contribution in [3.8, 4) is 11.5 Å². The Morgan fingerprint density at radius 1 is 1.38 bits per heavy atom. The van der Waals surface area contributed by atoms with E-state index >= 15 is 0 Å². The zero-order valence-electron chi connectivity index (χ0n) is 11.6. The highest BCUT2D eigenvalue weighted by molar-refractivity contribution is 5.87. The predicted octanol–water partition coefficient (Wildman–Crippen LogP) is -0.319. The van der Waals surface area contributed by atoms with Crippen molar-refractivity contribution < 1.29 is 19.1 Å². The van der Waals surface area contributed by atoms with Crippen LogP contribution in [0.1, 0.15) is 18.5 Å². The van der Waals surface area contributed by atoms with Crippen molar-refractivity contribution in [2.24, 2.45) is 0 Å². The Kier molecular flexibility index (Phi) is 3.66. The number of benzene rings is 1. The number of ether oxygens (including phenoxy) is 2. The quantitative estimate of drug-likeness (QED) is 0.710. The molecule has 1 aromatic rings. The maximum absolute atomic E-state index is 12.1. The third-order valence-electron chi connectivity index (χ3n) is 3.58. The van der Waals surface area contributed by atoms with E-state index in [0.29, 0.717) is 18.0 Å². The fourth-order valence-corrected chi connectivity index (χ4v) is 2.33. The van der Waals surface area contributed by atoms with Crippen molar-refractivity contribution in [3.63, 3.8) is 0 Å². The molecule has 0 spiro atoms. The zero-order valence-corrected chi connectivity index (χ0v) is 11.6. The van der Waals surface area contributed by atoms with Crippen molar-refractivity contribution in [2.45, 2.75) is 19.0 Å². The lowest BCUT2D eigenvalue weighted by Crippen LogP contribution is -2.58. The number of amides is 2. The normalized spacial score (nSPS) is 21.6. The van der Waals surface area contributed by atoms with Gasteiger partial charge in [-0.15, -0.1) is 0 Å². The molecule has 2 unspecified atom stereocenters. The first kappa shape index (κ1) is 13.7. The first-order valence-corrected chi connectivity index (χ1v) is 6.83. The Morgan fingerprint density at radius 3 is 2.95 bits per heavy atom. The molecule has 0 aliphatic carbocycles. The number of hydrogen-bond donors (Lipinski definition) is 3. The molecule has 7 nitrogen and oxygen atoms in total. The van der Waals surface area contributed by atoms with Gasteiger partial charge in [-0.3, -0.25) is 14.9 Å². The molecule has 3 N–H and O–H groups in total. The van der Waals surface area contributed by atoms with Crippen LogP contribution in [0.25, 0.3) is 0 Å². The summed E-state index contributed by atoms with van der Waals surface area (Å²) in [7, 11) is 0. The van der Waals surface area contributed by atoms with E-state index in [1.165, 1.54) is 0 Å². The maximum atomic E-state index is 12.1. The molecule has 1 fully saturated rings. The molecule has 0 radical (unpaired) electrons. The molecule has 3 rings (SSSR count). The largest absolute Gasteiger partial charge is 0.454 e. The molecule has 21 heavy (non-hydrogen) atoms. The van der Waals surface area contributed by atoms with E-state index in [-0.39, 0.29) is 31.2 Å². The van der Waals surface area contributed by atoms with Crippen molar-refractivity contribution in [1.82, 2.24) is 16.0 Å².